The summed E-state index contributed by atoms with van der Waals surface area (Å²) in [6.07, 6.45) is 2.06. The smallest absolute Gasteiger partial charge is 0.232 e. The number of carbonyl (C=O) groups excluding carboxylic acids is 1. The first-order valence-electron chi connectivity index (χ1n) is 8.75. The van der Waals surface area contributed by atoms with Crippen LogP contribution in [0.3, 0.4) is 0 Å². The highest BCUT2D eigenvalue weighted by Gasteiger charge is 2.36. The summed E-state index contributed by atoms with van der Waals surface area (Å²) in [5.41, 5.74) is 0.352. The first-order chi connectivity index (χ1) is 11.1. The number of methoxy groups -OCH3 is 1. The van der Waals surface area contributed by atoms with Crippen LogP contribution in [0.5, 0.6) is 5.75 Å². The van der Waals surface area contributed by atoms with E-state index in [1.165, 1.54) is 0 Å². The molecule has 1 saturated heterocycles. The normalized spacial score (nSPS) is 17.0. The van der Waals surface area contributed by atoms with E-state index in [4.69, 9.17) is 9.47 Å². The Morgan fingerprint density at radius 3 is 2.04 bits per heavy atom. The number of benzene rings is 1. The molecule has 1 fully saturated rings. The van der Waals surface area contributed by atoms with E-state index in [1.54, 1.807) is 7.11 Å². The van der Waals surface area contributed by atoms with Crippen LogP contribution >= 0.6 is 0 Å². The van der Waals surface area contributed by atoms with Crippen LogP contribution in [-0.2, 0) is 14.9 Å². The molecule has 0 atom stereocenters. The first-order valence-corrected chi connectivity index (χ1v) is 8.75. The van der Waals surface area contributed by atoms with Gasteiger partial charge in [0.1, 0.15) is 5.75 Å². The number of nitrogens with zero attached hydrogens (tertiary/aromatic N) is 1. The maximum atomic E-state index is 13.0. The lowest BCUT2D eigenvalue weighted by molar-refractivity contribution is -0.141. The van der Waals surface area contributed by atoms with Gasteiger partial charge in [0, 0.05) is 13.1 Å². The van der Waals surface area contributed by atoms with Gasteiger partial charge in [0.15, 0.2) is 0 Å². The SMILES string of the molecule is COc1ccc(C(C)(C)C(=O)N2CCC(OC(C)(C)C)CC2)cc1. The van der Waals surface area contributed by atoms with Crippen molar-refractivity contribution in [3.8, 4) is 5.75 Å². The van der Waals surface area contributed by atoms with Gasteiger partial charge < -0.3 is 14.4 Å². The third-order valence-corrected chi connectivity index (χ3v) is 4.60. The highest BCUT2D eigenvalue weighted by molar-refractivity contribution is 5.87. The van der Waals surface area contributed by atoms with Crippen molar-refractivity contribution in [2.45, 2.75) is 64.6 Å². The lowest BCUT2D eigenvalue weighted by Crippen LogP contribution is -2.48. The van der Waals surface area contributed by atoms with Crippen LogP contribution in [0.15, 0.2) is 24.3 Å². The van der Waals surface area contributed by atoms with E-state index >= 15 is 0 Å². The molecule has 1 amide bonds. The Morgan fingerprint density at radius 1 is 1.04 bits per heavy atom. The van der Waals surface area contributed by atoms with Gasteiger partial charge in [-0.1, -0.05) is 12.1 Å². The summed E-state index contributed by atoms with van der Waals surface area (Å²) in [6, 6.07) is 7.78. The van der Waals surface area contributed by atoms with Gasteiger partial charge >= 0.3 is 0 Å². The quantitative estimate of drug-likeness (QED) is 0.842. The molecule has 0 radical (unpaired) electrons. The molecule has 1 aliphatic heterocycles. The molecule has 1 aromatic carbocycles. The van der Waals surface area contributed by atoms with Gasteiger partial charge in [0.05, 0.1) is 24.2 Å². The van der Waals surface area contributed by atoms with Crippen LogP contribution in [0.2, 0.25) is 0 Å². The summed E-state index contributed by atoms with van der Waals surface area (Å²) in [4.78, 5) is 15.0. The fourth-order valence-electron chi connectivity index (χ4n) is 3.20. The first kappa shape index (κ1) is 18.8. The molecule has 0 unspecified atom stereocenters. The molecule has 0 bridgehead atoms. The Hall–Kier alpha value is -1.55. The highest BCUT2D eigenvalue weighted by Crippen LogP contribution is 2.29. The van der Waals surface area contributed by atoms with Crippen molar-refractivity contribution in [2.75, 3.05) is 20.2 Å². The van der Waals surface area contributed by atoms with E-state index in [1.807, 2.05) is 43.0 Å². The number of hydrogen-bond donors (Lipinski definition) is 0. The maximum Gasteiger partial charge on any atom is 0.232 e. The monoisotopic (exact) mass is 333 g/mol. The number of likely N-dealkylation sites (tertiary alicyclic amines) is 1. The minimum Gasteiger partial charge on any atom is -0.497 e. The van der Waals surface area contributed by atoms with Gasteiger partial charge in [-0.25, -0.2) is 0 Å². The Kier molecular flexibility index (Phi) is 5.59. The summed E-state index contributed by atoms with van der Waals surface area (Å²) in [5, 5.41) is 0. The molecular weight excluding hydrogens is 302 g/mol. The molecule has 1 heterocycles. The average molecular weight is 333 g/mol. The van der Waals surface area contributed by atoms with Crippen molar-refractivity contribution in [1.29, 1.82) is 0 Å². The van der Waals surface area contributed by atoms with Gasteiger partial charge in [-0.15, -0.1) is 0 Å². The standard InChI is InChI=1S/C20H31NO3/c1-19(2,3)24-17-11-13-21(14-12-17)18(22)20(4,5)15-7-9-16(23-6)10-8-15/h7-10,17H,11-14H2,1-6H3. The van der Waals surface area contributed by atoms with Crippen LogP contribution in [-0.4, -0.2) is 42.7 Å². The number of amides is 1. The molecule has 4 nitrogen and oxygen atoms in total. The topological polar surface area (TPSA) is 38.8 Å². The van der Waals surface area contributed by atoms with Gasteiger partial charge in [0.2, 0.25) is 5.91 Å². The fourth-order valence-corrected chi connectivity index (χ4v) is 3.20. The van der Waals surface area contributed by atoms with Crippen LogP contribution in [0.1, 0.15) is 53.0 Å². The summed E-state index contributed by atoms with van der Waals surface area (Å²) >= 11 is 0. The Bertz CT molecular complexity index is 549. The lowest BCUT2D eigenvalue weighted by Gasteiger charge is -2.39. The molecule has 0 aliphatic carbocycles. The predicted octanol–water partition coefficient (Wildman–Crippen LogP) is 3.78. The fraction of sp³-hybridized carbons (Fsp3) is 0.650. The van der Waals surface area contributed by atoms with Crippen LogP contribution in [0, 0.1) is 0 Å². The van der Waals surface area contributed by atoms with E-state index in [9.17, 15) is 4.79 Å². The van der Waals surface area contributed by atoms with Gasteiger partial charge in [-0.05, 0) is 65.2 Å². The van der Waals surface area contributed by atoms with Gasteiger partial charge in [-0.3, -0.25) is 4.79 Å². The molecule has 0 saturated carbocycles. The van der Waals surface area contributed by atoms with E-state index in [2.05, 4.69) is 20.8 Å². The molecule has 134 valence electrons. The van der Waals surface area contributed by atoms with Crippen LogP contribution < -0.4 is 4.74 Å². The summed E-state index contributed by atoms with van der Waals surface area (Å²) < 4.78 is 11.3. The average Bonchev–Trinajstić information content (AvgIpc) is 2.53. The molecular formula is C20H31NO3. The molecule has 24 heavy (non-hydrogen) atoms. The molecule has 1 aliphatic rings. The molecule has 0 N–H and O–H groups in total. The third kappa shape index (κ3) is 4.50. The van der Waals surface area contributed by atoms with Crippen molar-refractivity contribution >= 4 is 5.91 Å². The zero-order chi connectivity index (χ0) is 18.0. The minimum absolute atomic E-state index is 0.126. The maximum absolute atomic E-state index is 13.0. The second-order valence-electron chi connectivity index (χ2n) is 8.08. The molecule has 4 heteroatoms. The van der Waals surface area contributed by atoms with Crippen LogP contribution in [0.4, 0.5) is 0 Å². The second kappa shape index (κ2) is 7.14. The van der Waals surface area contributed by atoms with E-state index in [0.717, 1.165) is 37.2 Å². The number of piperidine rings is 1. The summed E-state index contributed by atoms with van der Waals surface area (Å²) in [6.45, 7) is 11.8. The van der Waals surface area contributed by atoms with Crippen molar-refractivity contribution in [2.24, 2.45) is 0 Å². The summed E-state index contributed by atoms with van der Waals surface area (Å²) in [7, 11) is 1.65. The molecule has 2 rings (SSSR count). The number of ether oxygens (including phenoxy) is 2. The molecule has 0 aromatic heterocycles. The third-order valence-electron chi connectivity index (χ3n) is 4.60. The van der Waals surface area contributed by atoms with Crippen molar-refractivity contribution < 1.29 is 14.3 Å². The number of carbonyl (C=O) groups is 1. The second-order valence-corrected chi connectivity index (χ2v) is 8.08. The van der Waals surface area contributed by atoms with Crippen molar-refractivity contribution in [3.05, 3.63) is 29.8 Å². The Labute approximate surface area is 146 Å². The molecule has 0 spiro atoms. The van der Waals surface area contributed by atoms with Crippen molar-refractivity contribution in [3.63, 3.8) is 0 Å². The van der Waals surface area contributed by atoms with Gasteiger partial charge in [0.25, 0.3) is 0 Å². The number of hydrogen-bond acceptors (Lipinski definition) is 3. The predicted molar refractivity (Wildman–Crippen MR) is 96.5 cm³/mol. The number of rotatable bonds is 4. The largest absolute Gasteiger partial charge is 0.497 e. The van der Waals surface area contributed by atoms with E-state index in [-0.39, 0.29) is 17.6 Å². The zero-order valence-corrected chi connectivity index (χ0v) is 15.9. The Morgan fingerprint density at radius 2 is 1.58 bits per heavy atom. The lowest BCUT2D eigenvalue weighted by atomic mass is 9.82. The molecule has 1 aromatic rings. The highest BCUT2D eigenvalue weighted by atomic mass is 16.5. The Balaban J connectivity index is 2.00. The summed E-state index contributed by atoms with van der Waals surface area (Å²) in [5.74, 6) is 0.990. The van der Waals surface area contributed by atoms with Gasteiger partial charge in [-0.2, -0.15) is 0 Å². The van der Waals surface area contributed by atoms with Crippen LogP contribution in [0.25, 0.3) is 0 Å². The van der Waals surface area contributed by atoms with E-state index in [0.29, 0.717) is 0 Å². The van der Waals surface area contributed by atoms with E-state index < -0.39 is 5.41 Å². The minimum atomic E-state index is -0.538. The van der Waals surface area contributed by atoms with Crippen molar-refractivity contribution in [1.82, 2.24) is 4.90 Å². The zero-order valence-electron chi connectivity index (χ0n) is 15.9.